The van der Waals surface area contributed by atoms with E-state index >= 15 is 0 Å². The van der Waals surface area contributed by atoms with Crippen LogP contribution in [0.3, 0.4) is 0 Å². The first-order valence-corrected chi connectivity index (χ1v) is 9.33. The van der Waals surface area contributed by atoms with Crippen LogP contribution < -0.4 is 0 Å². The Balaban J connectivity index is 1.98. The third-order valence-corrected chi connectivity index (χ3v) is 5.25. The van der Waals surface area contributed by atoms with Crippen LogP contribution >= 0.6 is 11.6 Å². The second-order valence-corrected chi connectivity index (χ2v) is 7.76. The SMILES string of the molecule is CC1(Cl)CC(c2ccccc2)=CC(c2ccccc2)=C1c1ccccc1. The summed E-state index contributed by atoms with van der Waals surface area (Å²) in [6, 6.07) is 31.6. The lowest BCUT2D eigenvalue weighted by Gasteiger charge is -2.34. The monoisotopic (exact) mass is 356 g/mol. The fourth-order valence-corrected chi connectivity index (χ4v) is 4.12. The Morgan fingerprint density at radius 3 is 1.65 bits per heavy atom. The molecule has 1 aliphatic carbocycles. The molecule has 0 nitrogen and oxygen atoms in total. The summed E-state index contributed by atoms with van der Waals surface area (Å²) >= 11 is 7.16. The van der Waals surface area contributed by atoms with Gasteiger partial charge in [0.2, 0.25) is 0 Å². The van der Waals surface area contributed by atoms with Crippen LogP contribution in [0.15, 0.2) is 97.1 Å². The molecule has 26 heavy (non-hydrogen) atoms. The first-order valence-electron chi connectivity index (χ1n) is 8.96. The summed E-state index contributed by atoms with van der Waals surface area (Å²) in [7, 11) is 0. The lowest BCUT2D eigenvalue weighted by molar-refractivity contribution is 0.819. The van der Waals surface area contributed by atoms with Crippen molar-refractivity contribution in [3.05, 3.63) is 114 Å². The first kappa shape index (κ1) is 16.9. The predicted molar refractivity (Wildman–Crippen MR) is 113 cm³/mol. The Hall–Kier alpha value is -2.57. The summed E-state index contributed by atoms with van der Waals surface area (Å²) in [6.07, 6.45) is 3.12. The maximum atomic E-state index is 7.16. The molecule has 1 aliphatic rings. The summed E-state index contributed by atoms with van der Waals surface area (Å²) < 4.78 is 0. The molecule has 3 aromatic carbocycles. The molecule has 0 saturated heterocycles. The van der Waals surface area contributed by atoms with Gasteiger partial charge in [-0.3, -0.25) is 0 Å². The number of alkyl halides is 1. The Morgan fingerprint density at radius 2 is 1.12 bits per heavy atom. The van der Waals surface area contributed by atoms with Gasteiger partial charge in [-0.05, 0) is 46.8 Å². The van der Waals surface area contributed by atoms with Gasteiger partial charge in [-0.25, -0.2) is 0 Å². The van der Waals surface area contributed by atoms with Crippen molar-refractivity contribution in [2.45, 2.75) is 18.2 Å². The first-order chi connectivity index (χ1) is 12.6. The molecule has 1 unspecified atom stereocenters. The summed E-state index contributed by atoms with van der Waals surface area (Å²) in [5, 5.41) is 0. The highest BCUT2D eigenvalue weighted by atomic mass is 35.5. The van der Waals surface area contributed by atoms with Crippen molar-refractivity contribution in [3.63, 3.8) is 0 Å². The Labute approximate surface area is 160 Å². The summed E-state index contributed by atoms with van der Waals surface area (Å²) in [5.74, 6) is 0. The fourth-order valence-electron chi connectivity index (χ4n) is 3.77. The molecule has 1 atom stereocenters. The minimum absolute atomic E-state index is 0.466. The number of rotatable bonds is 3. The second-order valence-electron chi connectivity index (χ2n) is 6.93. The molecule has 128 valence electrons. The molecule has 0 saturated carbocycles. The van der Waals surface area contributed by atoms with E-state index in [9.17, 15) is 0 Å². The van der Waals surface area contributed by atoms with Crippen molar-refractivity contribution in [2.75, 3.05) is 0 Å². The zero-order valence-electron chi connectivity index (χ0n) is 14.8. The molecule has 4 rings (SSSR count). The van der Waals surface area contributed by atoms with E-state index in [1.54, 1.807) is 0 Å². The molecule has 0 radical (unpaired) electrons. The van der Waals surface area contributed by atoms with Crippen molar-refractivity contribution in [1.82, 2.24) is 0 Å². The number of hydrogen-bond donors (Lipinski definition) is 0. The van der Waals surface area contributed by atoms with E-state index in [4.69, 9.17) is 11.6 Å². The highest BCUT2D eigenvalue weighted by Gasteiger charge is 2.34. The van der Waals surface area contributed by atoms with E-state index in [2.05, 4.69) is 97.9 Å². The molecule has 0 aliphatic heterocycles. The van der Waals surface area contributed by atoms with E-state index in [0.717, 1.165) is 6.42 Å². The van der Waals surface area contributed by atoms with Crippen LogP contribution in [-0.4, -0.2) is 4.87 Å². The van der Waals surface area contributed by atoms with Gasteiger partial charge in [0.15, 0.2) is 0 Å². The fraction of sp³-hybridized carbons (Fsp3) is 0.120. The molecule has 0 heterocycles. The minimum Gasteiger partial charge on any atom is -0.114 e. The third kappa shape index (κ3) is 3.25. The topological polar surface area (TPSA) is 0 Å². The van der Waals surface area contributed by atoms with Crippen LogP contribution in [0.5, 0.6) is 0 Å². The molecule has 3 aromatic rings. The van der Waals surface area contributed by atoms with Gasteiger partial charge in [0.1, 0.15) is 0 Å². The molecule has 0 fully saturated rings. The van der Waals surface area contributed by atoms with Crippen molar-refractivity contribution in [3.8, 4) is 0 Å². The van der Waals surface area contributed by atoms with E-state index in [1.807, 2.05) is 6.07 Å². The van der Waals surface area contributed by atoms with Crippen molar-refractivity contribution < 1.29 is 0 Å². The van der Waals surface area contributed by atoms with Crippen LogP contribution in [0.1, 0.15) is 30.0 Å². The average molecular weight is 357 g/mol. The molecule has 1 heteroatoms. The zero-order chi connectivity index (χ0) is 18.0. The van der Waals surface area contributed by atoms with Crippen LogP contribution in [0.2, 0.25) is 0 Å². The van der Waals surface area contributed by atoms with Crippen molar-refractivity contribution in [2.24, 2.45) is 0 Å². The van der Waals surface area contributed by atoms with E-state index < -0.39 is 4.87 Å². The van der Waals surface area contributed by atoms with E-state index in [0.29, 0.717) is 0 Å². The lowest BCUT2D eigenvalue weighted by atomic mass is 9.76. The van der Waals surface area contributed by atoms with Crippen LogP contribution in [0.4, 0.5) is 0 Å². The predicted octanol–water partition coefficient (Wildman–Crippen LogP) is 7.08. The van der Waals surface area contributed by atoms with Gasteiger partial charge >= 0.3 is 0 Å². The quantitative estimate of drug-likeness (QED) is 0.440. The smallest absolute Gasteiger partial charge is 0.0719 e. The molecule has 0 N–H and O–H groups in total. The molecule has 0 bridgehead atoms. The van der Waals surface area contributed by atoms with E-state index in [-0.39, 0.29) is 0 Å². The Kier molecular flexibility index (Phi) is 4.53. The molecule has 0 amide bonds. The summed E-state index contributed by atoms with van der Waals surface area (Å²) in [6.45, 7) is 2.13. The van der Waals surface area contributed by atoms with Gasteiger partial charge in [0.05, 0.1) is 4.87 Å². The standard InChI is InChI=1S/C25H21Cl/c1-25(26)18-22(19-11-5-2-6-12-19)17-23(20-13-7-3-8-14-20)24(25)21-15-9-4-10-16-21/h2-17H,18H2,1H3. The Morgan fingerprint density at radius 1 is 0.654 bits per heavy atom. The van der Waals surface area contributed by atoms with Crippen LogP contribution in [-0.2, 0) is 0 Å². The van der Waals surface area contributed by atoms with Crippen molar-refractivity contribution in [1.29, 1.82) is 0 Å². The van der Waals surface area contributed by atoms with Gasteiger partial charge in [0, 0.05) is 0 Å². The lowest BCUT2D eigenvalue weighted by Crippen LogP contribution is -2.23. The molecular formula is C25H21Cl. The normalized spacial score (nSPS) is 20.0. The summed E-state index contributed by atoms with van der Waals surface area (Å²) in [4.78, 5) is -0.466. The third-order valence-electron chi connectivity index (χ3n) is 4.92. The number of benzene rings is 3. The van der Waals surface area contributed by atoms with Crippen LogP contribution in [0.25, 0.3) is 16.7 Å². The molecule has 0 aromatic heterocycles. The summed E-state index contributed by atoms with van der Waals surface area (Å²) in [5.41, 5.74) is 7.31. The van der Waals surface area contributed by atoms with E-state index in [1.165, 1.54) is 33.4 Å². The molecular weight excluding hydrogens is 336 g/mol. The largest absolute Gasteiger partial charge is 0.114 e. The van der Waals surface area contributed by atoms with Gasteiger partial charge in [-0.15, -0.1) is 11.6 Å². The minimum atomic E-state index is -0.466. The average Bonchev–Trinajstić information content (AvgIpc) is 2.69. The van der Waals surface area contributed by atoms with Gasteiger partial charge in [0.25, 0.3) is 0 Å². The number of halogens is 1. The number of allylic oxidation sites excluding steroid dienone is 4. The zero-order valence-corrected chi connectivity index (χ0v) is 15.6. The highest BCUT2D eigenvalue weighted by molar-refractivity contribution is 6.33. The Bertz CT molecular complexity index is 949. The second kappa shape index (κ2) is 6.97. The maximum Gasteiger partial charge on any atom is 0.0719 e. The maximum absolute atomic E-state index is 7.16. The molecule has 0 spiro atoms. The van der Waals surface area contributed by atoms with Crippen LogP contribution in [0, 0.1) is 0 Å². The number of hydrogen-bond acceptors (Lipinski definition) is 0. The highest BCUT2D eigenvalue weighted by Crippen LogP contribution is 2.49. The van der Waals surface area contributed by atoms with Gasteiger partial charge in [-0.1, -0.05) is 97.1 Å². The van der Waals surface area contributed by atoms with Crippen molar-refractivity contribution >= 4 is 28.3 Å². The van der Waals surface area contributed by atoms with Gasteiger partial charge < -0.3 is 0 Å². The van der Waals surface area contributed by atoms with Gasteiger partial charge in [-0.2, -0.15) is 0 Å².